The summed E-state index contributed by atoms with van der Waals surface area (Å²) in [5, 5.41) is 5.65. The Morgan fingerprint density at radius 1 is 1.16 bits per heavy atom. The number of ether oxygens (including phenoxy) is 1. The highest BCUT2D eigenvalue weighted by molar-refractivity contribution is 7.88. The van der Waals surface area contributed by atoms with Gasteiger partial charge in [0.15, 0.2) is 0 Å². The number of primary sulfonamides is 1. The first kappa shape index (κ1) is 23.9. The minimum absolute atomic E-state index is 0.209. The van der Waals surface area contributed by atoms with E-state index in [1.807, 2.05) is 19.1 Å². The van der Waals surface area contributed by atoms with Gasteiger partial charge in [0.1, 0.15) is 17.8 Å². The molecule has 3 atom stereocenters. The van der Waals surface area contributed by atoms with E-state index in [4.69, 9.17) is 21.5 Å². The second-order valence-electron chi connectivity index (χ2n) is 8.23. The van der Waals surface area contributed by atoms with Crippen LogP contribution >= 0.6 is 11.6 Å². The molecule has 2 aromatic rings. The molecule has 1 aliphatic heterocycles. The van der Waals surface area contributed by atoms with Crippen LogP contribution in [-0.2, 0) is 22.3 Å². The SMILES string of the molecule is CC(Oc1ccc(Cl)cc1CS(N)(=O)=O)N1C[C@H](C)N(Cc2ccc(F)cc2)C[C@H]1C. The molecule has 1 saturated heterocycles. The molecule has 0 aromatic heterocycles. The van der Waals surface area contributed by atoms with E-state index in [-0.39, 0.29) is 29.9 Å². The minimum atomic E-state index is -3.72. The zero-order valence-corrected chi connectivity index (χ0v) is 19.5. The van der Waals surface area contributed by atoms with Crippen LogP contribution in [0.15, 0.2) is 42.5 Å². The number of sulfonamides is 1. The molecule has 2 aromatic carbocycles. The molecule has 1 heterocycles. The van der Waals surface area contributed by atoms with Gasteiger partial charge < -0.3 is 4.74 Å². The normalized spacial score (nSPS) is 21.7. The van der Waals surface area contributed by atoms with E-state index in [2.05, 4.69) is 23.6 Å². The highest BCUT2D eigenvalue weighted by atomic mass is 35.5. The highest BCUT2D eigenvalue weighted by Gasteiger charge is 2.32. The van der Waals surface area contributed by atoms with E-state index < -0.39 is 10.0 Å². The van der Waals surface area contributed by atoms with Crippen LogP contribution in [0.1, 0.15) is 31.9 Å². The summed E-state index contributed by atoms with van der Waals surface area (Å²) in [7, 11) is -3.72. The van der Waals surface area contributed by atoms with E-state index in [1.165, 1.54) is 12.1 Å². The molecule has 0 bridgehead atoms. The van der Waals surface area contributed by atoms with Crippen molar-refractivity contribution in [2.24, 2.45) is 5.14 Å². The lowest BCUT2D eigenvalue weighted by Gasteiger charge is -2.46. The van der Waals surface area contributed by atoms with Gasteiger partial charge in [-0.15, -0.1) is 0 Å². The summed E-state index contributed by atoms with van der Waals surface area (Å²) < 4.78 is 42.5. The first-order chi connectivity index (χ1) is 14.5. The summed E-state index contributed by atoms with van der Waals surface area (Å²) in [6.07, 6.45) is -0.272. The Hall–Kier alpha value is -1.71. The van der Waals surface area contributed by atoms with E-state index in [0.29, 0.717) is 16.3 Å². The maximum atomic E-state index is 13.2. The third-order valence-corrected chi connectivity index (χ3v) is 6.55. The Morgan fingerprint density at radius 3 is 2.48 bits per heavy atom. The molecular formula is C22H29ClFN3O3S. The molecule has 2 N–H and O–H groups in total. The number of halogens is 2. The van der Waals surface area contributed by atoms with Crippen LogP contribution in [0.4, 0.5) is 4.39 Å². The van der Waals surface area contributed by atoms with Crippen LogP contribution in [-0.4, -0.2) is 49.6 Å². The lowest BCUT2D eigenvalue weighted by molar-refractivity contribution is -0.0508. The molecule has 1 aliphatic rings. The zero-order valence-electron chi connectivity index (χ0n) is 18.0. The van der Waals surface area contributed by atoms with E-state index >= 15 is 0 Å². The van der Waals surface area contributed by atoms with Crippen molar-refractivity contribution in [1.29, 1.82) is 0 Å². The Labute approximate surface area is 188 Å². The maximum absolute atomic E-state index is 13.2. The van der Waals surface area contributed by atoms with E-state index in [0.717, 1.165) is 25.2 Å². The molecule has 9 heteroatoms. The number of piperazine rings is 1. The lowest BCUT2D eigenvalue weighted by Crippen LogP contribution is -2.59. The third kappa shape index (κ3) is 6.63. The van der Waals surface area contributed by atoms with Crippen LogP contribution in [0.3, 0.4) is 0 Å². The van der Waals surface area contributed by atoms with Crippen molar-refractivity contribution in [3.63, 3.8) is 0 Å². The molecule has 170 valence electrons. The smallest absolute Gasteiger partial charge is 0.213 e. The number of hydrogen-bond donors (Lipinski definition) is 1. The molecular weight excluding hydrogens is 441 g/mol. The van der Waals surface area contributed by atoms with Crippen molar-refractivity contribution in [1.82, 2.24) is 9.80 Å². The van der Waals surface area contributed by atoms with Gasteiger partial charge in [0.2, 0.25) is 10.0 Å². The van der Waals surface area contributed by atoms with Gasteiger partial charge in [-0.1, -0.05) is 23.7 Å². The molecule has 0 amide bonds. The van der Waals surface area contributed by atoms with E-state index in [1.54, 1.807) is 18.2 Å². The standard InChI is InChI=1S/C22H29ClFN3O3S/c1-15-12-27(16(2)11-26(15)13-18-4-7-21(24)8-5-18)17(3)30-22-9-6-20(23)10-19(22)14-31(25,28)29/h4-10,15-17H,11-14H2,1-3H3,(H2,25,28,29)/t15-,16+,17?/m0/s1. The minimum Gasteiger partial charge on any atom is -0.475 e. The van der Waals surface area contributed by atoms with Crippen molar-refractivity contribution in [3.8, 4) is 5.75 Å². The van der Waals surface area contributed by atoms with Crippen LogP contribution < -0.4 is 9.88 Å². The van der Waals surface area contributed by atoms with Gasteiger partial charge in [0.25, 0.3) is 0 Å². The topological polar surface area (TPSA) is 75.9 Å². The van der Waals surface area contributed by atoms with Crippen LogP contribution in [0, 0.1) is 5.82 Å². The largest absolute Gasteiger partial charge is 0.475 e. The summed E-state index contributed by atoms with van der Waals surface area (Å²) in [5.41, 5.74) is 1.52. The first-order valence-corrected chi connectivity index (χ1v) is 12.3. The molecule has 0 radical (unpaired) electrons. The number of nitrogens with two attached hydrogens (primary N) is 1. The first-order valence-electron chi connectivity index (χ1n) is 10.2. The average Bonchev–Trinajstić information content (AvgIpc) is 2.67. The summed E-state index contributed by atoms with van der Waals surface area (Å²) >= 11 is 6.04. The number of hydrogen-bond acceptors (Lipinski definition) is 5. The second-order valence-corrected chi connectivity index (χ2v) is 10.3. The summed E-state index contributed by atoms with van der Waals surface area (Å²) in [6, 6.07) is 12.0. The molecule has 0 spiro atoms. The number of nitrogens with zero attached hydrogens (tertiary/aromatic N) is 2. The predicted octanol–water partition coefficient (Wildman–Crippen LogP) is 3.59. The quantitative estimate of drug-likeness (QED) is 0.670. The average molecular weight is 470 g/mol. The summed E-state index contributed by atoms with van der Waals surface area (Å²) in [4.78, 5) is 4.62. The molecule has 3 rings (SSSR count). The Kier molecular flexibility index (Phi) is 7.59. The Bertz CT molecular complexity index is 1000. The van der Waals surface area contributed by atoms with Crippen LogP contribution in [0.2, 0.25) is 5.02 Å². The fourth-order valence-corrected chi connectivity index (χ4v) is 4.87. The van der Waals surface area contributed by atoms with Crippen molar-refractivity contribution in [2.75, 3.05) is 13.1 Å². The summed E-state index contributed by atoms with van der Waals surface area (Å²) in [6.45, 7) is 8.61. The number of rotatable bonds is 7. The molecule has 6 nitrogen and oxygen atoms in total. The van der Waals surface area contributed by atoms with E-state index in [9.17, 15) is 12.8 Å². The molecule has 0 saturated carbocycles. The van der Waals surface area contributed by atoms with Gasteiger partial charge in [-0.25, -0.2) is 17.9 Å². The van der Waals surface area contributed by atoms with Gasteiger partial charge >= 0.3 is 0 Å². The van der Waals surface area contributed by atoms with Crippen LogP contribution in [0.5, 0.6) is 5.75 Å². The lowest BCUT2D eigenvalue weighted by atomic mass is 10.1. The van der Waals surface area contributed by atoms with Gasteiger partial charge in [0.05, 0.1) is 5.75 Å². The highest BCUT2D eigenvalue weighted by Crippen LogP contribution is 2.28. The molecule has 1 fully saturated rings. The van der Waals surface area contributed by atoms with Gasteiger partial charge in [-0.3, -0.25) is 9.80 Å². The Balaban J connectivity index is 1.68. The predicted molar refractivity (Wildman–Crippen MR) is 121 cm³/mol. The van der Waals surface area contributed by atoms with Gasteiger partial charge in [-0.05, 0) is 56.7 Å². The van der Waals surface area contributed by atoms with Crippen molar-refractivity contribution >= 4 is 21.6 Å². The fourth-order valence-electron chi connectivity index (χ4n) is 4.02. The third-order valence-electron chi connectivity index (χ3n) is 5.61. The molecule has 31 heavy (non-hydrogen) atoms. The van der Waals surface area contributed by atoms with Crippen LogP contribution in [0.25, 0.3) is 0 Å². The molecule has 1 unspecified atom stereocenters. The summed E-state index contributed by atoms with van der Waals surface area (Å²) in [5.74, 6) is -0.114. The monoisotopic (exact) mass is 469 g/mol. The fraction of sp³-hybridized carbons (Fsp3) is 0.455. The maximum Gasteiger partial charge on any atom is 0.213 e. The van der Waals surface area contributed by atoms with Crippen molar-refractivity contribution in [3.05, 3.63) is 64.4 Å². The zero-order chi connectivity index (χ0) is 22.8. The van der Waals surface area contributed by atoms with Crippen molar-refractivity contribution < 1.29 is 17.5 Å². The van der Waals surface area contributed by atoms with Crippen molar-refractivity contribution in [2.45, 2.75) is 51.4 Å². The second kappa shape index (κ2) is 9.83. The van der Waals surface area contributed by atoms with Gasteiger partial charge in [0, 0.05) is 42.3 Å². The molecule has 0 aliphatic carbocycles. The van der Waals surface area contributed by atoms with Gasteiger partial charge in [-0.2, -0.15) is 0 Å². The Morgan fingerprint density at radius 2 is 1.84 bits per heavy atom. The number of benzene rings is 2.